The molecule has 0 aliphatic rings. The lowest BCUT2D eigenvalue weighted by molar-refractivity contribution is 0.102. The van der Waals surface area contributed by atoms with Gasteiger partial charge in [-0.1, -0.05) is 29.5 Å². The molecule has 152 valence electrons. The van der Waals surface area contributed by atoms with Crippen LogP contribution in [0.1, 0.15) is 10.4 Å². The lowest BCUT2D eigenvalue weighted by Gasteiger charge is -2.11. The van der Waals surface area contributed by atoms with E-state index in [1.165, 1.54) is 38.5 Å². The number of benzene rings is 2. The molecule has 0 saturated carbocycles. The lowest BCUT2D eigenvalue weighted by atomic mass is 10.2. The number of hydrogen-bond donors (Lipinski definition) is 2. The van der Waals surface area contributed by atoms with Gasteiger partial charge < -0.3 is 9.47 Å². The van der Waals surface area contributed by atoms with Gasteiger partial charge in [-0.05, 0) is 40.2 Å². The first-order chi connectivity index (χ1) is 13.8. The van der Waals surface area contributed by atoms with Gasteiger partial charge in [0.15, 0.2) is 0 Å². The highest BCUT2D eigenvalue weighted by Crippen LogP contribution is 2.36. The largest absolute Gasteiger partial charge is 0.495 e. The van der Waals surface area contributed by atoms with E-state index in [9.17, 15) is 13.2 Å². The molecule has 1 amide bonds. The number of halogens is 1. The van der Waals surface area contributed by atoms with Gasteiger partial charge in [-0.15, -0.1) is 10.2 Å². The molecule has 3 aromatic rings. The SMILES string of the molecule is COc1cc(C(=O)Nc2nnc(NS(=O)(=O)c3ccccc3)s2)cc(OC)c1Br. The van der Waals surface area contributed by atoms with Crippen LogP contribution >= 0.6 is 27.3 Å². The topological polar surface area (TPSA) is 120 Å². The fourth-order valence-corrected chi connectivity index (χ4v) is 4.70. The van der Waals surface area contributed by atoms with E-state index >= 15 is 0 Å². The smallest absolute Gasteiger partial charge is 0.263 e. The van der Waals surface area contributed by atoms with Gasteiger partial charge >= 0.3 is 0 Å². The zero-order chi connectivity index (χ0) is 21.0. The summed E-state index contributed by atoms with van der Waals surface area (Å²) in [6.07, 6.45) is 0. The lowest BCUT2D eigenvalue weighted by Crippen LogP contribution is -2.12. The quantitative estimate of drug-likeness (QED) is 0.512. The number of anilines is 2. The Morgan fingerprint density at radius 1 is 1.03 bits per heavy atom. The molecular weight excluding hydrogens is 484 g/mol. The van der Waals surface area contributed by atoms with Gasteiger partial charge in [-0.3, -0.25) is 14.8 Å². The highest BCUT2D eigenvalue weighted by Gasteiger charge is 2.19. The minimum absolute atomic E-state index is 0.0233. The summed E-state index contributed by atoms with van der Waals surface area (Å²) in [4.78, 5) is 12.6. The Kier molecular flexibility index (Phi) is 6.35. The van der Waals surface area contributed by atoms with E-state index < -0.39 is 15.9 Å². The predicted octanol–water partition coefficient (Wildman–Crippen LogP) is 3.37. The predicted molar refractivity (Wildman–Crippen MR) is 112 cm³/mol. The monoisotopic (exact) mass is 498 g/mol. The second kappa shape index (κ2) is 8.76. The van der Waals surface area contributed by atoms with Gasteiger partial charge in [0.2, 0.25) is 10.3 Å². The molecule has 2 N–H and O–H groups in total. The van der Waals surface area contributed by atoms with Gasteiger partial charge in [0.05, 0.1) is 19.1 Å². The summed E-state index contributed by atoms with van der Waals surface area (Å²) in [5, 5.41) is 10.3. The molecule has 12 heteroatoms. The molecular formula is C17H15BrN4O5S2. The summed E-state index contributed by atoms with van der Waals surface area (Å²) < 4.78 is 38.0. The van der Waals surface area contributed by atoms with Crippen LogP contribution in [0, 0.1) is 0 Å². The Bertz CT molecular complexity index is 1110. The Morgan fingerprint density at radius 3 is 2.21 bits per heavy atom. The van der Waals surface area contributed by atoms with Gasteiger partial charge in [0.1, 0.15) is 16.0 Å². The molecule has 0 saturated heterocycles. The maximum absolute atomic E-state index is 12.5. The summed E-state index contributed by atoms with van der Waals surface area (Å²) in [7, 11) is -0.858. The zero-order valence-corrected chi connectivity index (χ0v) is 18.4. The highest BCUT2D eigenvalue weighted by atomic mass is 79.9. The molecule has 1 heterocycles. The van der Waals surface area contributed by atoms with Crippen molar-refractivity contribution in [1.82, 2.24) is 10.2 Å². The number of methoxy groups -OCH3 is 2. The molecule has 0 aliphatic heterocycles. The molecule has 0 atom stereocenters. The standard InChI is InChI=1S/C17H15BrN4O5S2/c1-26-12-8-10(9-13(27-2)14(12)18)15(23)19-16-20-21-17(28-16)22-29(24,25)11-6-4-3-5-7-11/h3-9H,1-2H3,(H,21,22)(H,19,20,23). The first kappa shape index (κ1) is 21.0. The van der Waals surface area contributed by atoms with E-state index in [0.29, 0.717) is 16.0 Å². The van der Waals surface area contributed by atoms with Crippen molar-refractivity contribution in [2.45, 2.75) is 4.90 Å². The molecule has 0 bridgehead atoms. The average molecular weight is 499 g/mol. The van der Waals surface area contributed by atoms with Crippen molar-refractivity contribution in [2.75, 3.05) is 24.3 Å². The Hall–Kier alpha value is -2.70. The van der Waals surface area contributed by atoms with Crippen molar-refractivity contribution in [3.63, 3.8) is 0 Å². The van der Waals surface area contributed by atoms with Crippen LogP contribution in [-0.4, -0.2) is 38.7 Å². The summed E-state index contributed by atoms with van der Waals surface area (Å²) in [5.74, 6) is 0.355. The van der Waals surface area contributed by atoms with Crippen LogP contribution in [0.4, 0.5) is 10.3 Å². The number of aromatic nitrogens is 2. The van der Waals surface area contributed by atoms with Crippen LogP contribution in [0.2, 0.25) is 0 Å². The van der Waals surface area contributed by atoms with Crippen molar-refractivity contribution in [3.8, 4) is 11.5 Å². The summed E-state index contributed by atoms with van der Waals surface area (Å²) in [6.45, 7) is 0. The van der Waals surface area contributed by atoms with E-state index in [1.807, 2.05) is 0 Å². The van der Waals surface area contributed by atoms with Crippen molar-refractivity contribution in [2.24, 2.45) is 0 Å². The van der Waals surface area contributed by atoms with Crippen LogP contribution in [0.25, 0.3) is 0 Å². The Balaban J connectivity index is 1.76. The molecule has 29 heavy (non-hydrogen) atoms. The van der Waals surface area contributed by atoms with Gasteiger partial charge in [0, 0.05) is 5.56 Å². The molecule has 0 unspecified atom stereocenters. The van der Waals surface area contributed by atoms with E-state index in [0.717, 1.165) is 11.3 Å². The summed E-state index contributed by atoms with van der Waals surface area (Å²) >= 11 is 4.22. The molecule has 0 fully saturated rings. The van der Waals surface area contributed by atoms with Crippen LogP contribution in [0.3, 0.4) is 0 Å². The maximum Gasteiger partial charge on any atom is 0.263 e. The van der Waals surface area contributed by atoms with Crippen LogP contribution < -0.4 is 19.5 Å². The first-order valence-corrected chi connectivity index (χ1v) is 11.1. The molecule has 9 nitrogen and oxygen atoms in total. The number of carbonyl (C=O) groups is 1. The number of nitrogens with one attached hydrogen (secondary N) is 2. The van der Waals surface area contributed by atoms with E-state index in [2.05, 4.69) is 36.2 Å². The van der Waals surface area contributed by atoms with Crippen molar-refractivity contribution < 1.29 is 22.7 Å². The van der Waals surface area contributed by atoms with Crippen LogP contribution in [0.5, 0.6) is 11.5 Å². The first-order valence-electron chi connectivity index (χ1n) is 7.98. The summed E-state index contributed by atoms with van der Waals surface area (Å²) in [5.41, 5.74) is 0.267. The maximum atomic E-state index is 12.5. The number of rotatable bonds is 7. The van der Waals surface area contributed by atoms with E-state index in [1.54, 1.807) is 18.2 Å². The third kappa shape index (κ3) is 4.83. The van der Waals surface area contributed by atoms with E-state index in [-0.39, 0.29) is 20.7 Å². The molecule has 1 aromatic heterocycles. The van der Waals surface area contributed by atoms with Crippen molar-refractivity contribution in [1.29, 1.82) is 0 Å². The van der Waals surface area contributed by atoms with Crippen LogP contribution in [-0.2, 0) is 10.0 Å². The average Bonchev–Trinajstić information content (AvgIpc) is 3.14. The minimum atomic E-state index is -3.80. The number of ether oxygens (including phenoxy) is 2. The zero-order valence-electron chi connectivity index (χ0n) is 15.2. The highest BCUT2D eigenvalue weighted by molar-refractivity contribution is 9.10. The Morgan fingerprint density at radius 2 is 1.62 bits per heavy atom. The number of carbonyl (C=O) groups excluding carboxylic acids is 1. The molecule has 0 radical (unpaired) electrons. The third-order valence-electron chi connectivity index (χ3n) is 3.63. The van der Waals surface area contributed by atoms with E-state index in [4.69, 9.17) is 9.47 Å². The Labute approximate surface area is 179 Å². The molecule has 2 aromatic carbocycles. The van der Waals surface area contributed by atoms with Gasteiger partial charge in [-0.2, -0.15) is 0 Å². The molecule has 0 spiro atoms. The van der Waals surface area contributed by atoms with Crippen molar-refractivity contribution in [3.05, 3.63) is 52.5 Å². The van der Waals surface area contributed by atoms with Gasteiger partial charge in [-0.25, -0.2) is 8.42 Å². The second-order valence-electron chi connectivity index (χ2n) is 5.48. The van der Waals surface area contributed by atoms with Crippen molar-refractivity contribution >= 4 is 53.5 Å². The number of amides is 1. The number of sulfonamides is 1. The fourth-order valence-electron chi connectivity index (χ4n) is 2.26. The minimum Gasteiger partial charge on any atom is -0.495 e. The fraction of sp³-hybridized carbons (Fsp3) is 0.118. The normalized spacial score (nSPS) is 11.0. The number of hydrogen-bond acceptors (Lipinski definition) is 8. The summed E-state index contributed by atoms with van der Waals surface area (Å²) in [6, 6.07) is 10.9. The molecule has 3 rings (SSSR count). The van der Waals surface area contributed by atoms with Gasteiger partial charge in [0.25, 0.3) is 15.9 Å². The third-order valence-corrected chi connectivity index (χ3v) is 6.65. The van der Waals surface area contributed by atoms with Crippen LogP contribution in [0.15, 0.2) is 51.8 Å². The number of nitrogens with zero attached hydrogens (tertiary/aromatic N) is 2. The molecule has 0 aliphatic carbocycles. The second-order valence-corrected chi connectivity index (χ2v) is 8.93.